The molecule has 4 rings (SSSR count). The summed E-state index contributed by atoms with van der Waals surface area (Å²) in [7, 11) is 1.48. The van der Waals surface area contributed by atoms with E-state index in [4.69, 9.17) is 20.0 Å². The molecule has 2 heterocycles. The number of carbonyl (C=O) groups excluding carboxylic acids is 2. The highest BCUT2D eigenvalue weighted by Gasteiger charge is 2.50. The van der Waals surface area contributed by atoms with Crippen LogP contribution in [0.4, 0.5) is 5.95 Å². The SMILES string of the molecule is COC1=C(Br)[C@@H](O)C2(C=C1Br)CC(C(=O)NCCCOc1c(Br)cc(C/C(=N/O)C(=O)NCCc3cnc(N)[nH]3)cc1Br)=NO2. The third-order valence-corrected chi connectivity index (χ3v) is 9.30. The first-order valence-corrected chi connectivity index (χ1v) is 16.6. The number of anilines is 1. The number of hydrogen-bond acceptors (Lipinski definition) is 11. The number of ether oxygens (including phenoxy) is 2. The lowest BCUT2D eigenvalue weighted by Crippen LogP contribution is -2.45. The number of amides is 2. The van der Waals surface area contributed by atoms with E-state index in [1.54, 1.807) is 24.4 Å². The number of halogens is 4. The highest BCUT2D eigenvalue weighted by molar-refractivity contribution is 9.12. The van der Waals surface area contributed by atoms with Crippen LogP contribution in [-0.2, 0) is 32.0 Å². The normalized spacial score (nSPS) is 19.6. The Hall–Kier alpha value is -2.93. The van der Waals surface area contributed by atoms with Gasteiger partial charge in [-0.2, -0.15) is 0 Å². The van der Waals surface area contributed by atoms with Gasteiger partial charge in [0.2, 0.25) is 0 Å². The minimum Gasteiger partial charge on any atom is -0.495 e. The number of rotatable bonds is 13. The molecule has 1 unspecified atom stereocenters. The summed E-state index contributed by atoms with van der Waals surface area (Å²) in [6.45, 7) is 0.882. The van der Waals surface area contributed by atoms with Gasteiger partial charge in [0.1, 0.15) is 29.0 Å². The van der Waals surface area contributed by atoms with Crippen LogP contribution in [0.2, 0.25) is 0 Å². The fourth-order valence-electron chi connectivity index (χ4n) is 4.49. The summed E-state index contributed by atoms with van der Waals surface area (Å²) in [6, 6.07) is 3.52. The Morgan fingerprint density at radius 1 is 1.22 bits per heavy atom. The minimum absolute atomic E-state index is 0.0593. The van der Waals surface area contributed by atoms with Gasteiger partial charge in [0.25, 0.3) is 11.8 Å². The van der Waals surface area contributed by atoms with Crippen LogP contribution in [0, 0.1) is 0 Å². The zero-order valence-corrected chi connectivity index (χ0v) is 30.0. The van der Waals surface area contributed by atoms with E-state index in [-0.39, 0.29) is 30.9 Å². The number of oxime groups is 2. The highest BCUT2D eigenvalue weighted by atomic mass is 79.9. The number of allylic oxidation sites excluding steroid dienone is 1. The second-order valence-electron chi connectivity index (χ2n) is 9.91. The summed E-state index contributed by atoms with van der Waals surface area (Å²) in [5.74, 6) is 0.339. The summed E-state index contributed by atoms with van der Waals surface area (Å²) < 4.78 is 13.4. The Morgan fingerprint density at radius 2 is 1.96 bits per heavy atom. The molecule has 0 fully saturated rings. The number of nitrogens with one attached hydrogen (secondary N) is 3. The predicted octanol–water partition coefficient (Wildman–Crippen LogP) is 3.55. The minimum atomic E-state index is -1.23. The molecule has 0 radical (unpaired) electrons. The number of aliphatic hydroxyl groups excluding tert-OH is 1. The van der Waals surface area contributed by atoms with Gasteiger partial charge in [-0.05, 0) is 93.9 Å². The van der Waals surface area contributed by atoms with E-state index >= 15 is 0 Å². The van der Waals surface area contributed by atoms with Crippen molar-refractivity contribution in [1.82, 2.24) is 20.6 Å². The molecule has 7 N–H and O–H groups in total. The second-order valence-corrected chi connectivity index (χ2v) is 13.3. The Labute approximate surface area is 291 Å². The van der Waals surface area contributed by atoms with Crippen molar-refractivity contribution in [2.24, 2.45) is 10.3 Å². The third-order valence-electron chi connectivity index (χ3n) is 6.74. The largest absolute Gasteiger partial charge is 0.495 e. The monoisotopic (exact) mass is 879 g/mol. The van der Waals surface area contributed by atoms with Gasteiger partial charge in [-0.15, -0.1) is 0 Å². The average Bonchev–Trinajstić information content (AvgIpc) is 3.62. The molecule has 0 saturated carbocycles. The number of imidazole rings is 1. The van der Waals surface area contributed by atoms with Crippen molar-refractivity contribution in [3.63, 3.8) is 0 Å². The molecule has 2 amide bonds. The number of benzene rings is 1. The van der Waals surface area contributed by atoms with Crippen molar-refractivity contribution >= 4 is 92.9 Å². The van der Waals surface area contributed by atoms with Crippen LogP contribution >= 0.6 is 63.7 Å². The predicted molar refractivity (Wildman–Crippen MR) is 179 cm³/mol. The van der Waals surface area contributed by atoms with E-state index in [1.165, 1.54) is 7.11 Å². The van der Waals surface area contributed by atoms with E-state index in [0.29, 0.717) is 66.9 Å². The molecule has 1 aliphatic carbocycles. The molecule has 2 aliphatic rings. The number of methoxy groups -OCH3 is 1. The van der Waals surface area contributed by atoms with Gasteiger partial charge >= 0.3 is 0 Å². The fourth-order valence-corrected chi connectivity index (χ4v) is 7.79. The number of carbonyl (C=O) groups is 2. The van der Waals surface area contributed by atoms with E-state index in [1.807, 2.05) is 0 Å². The van der Waals surface area contributed by atoms with Gasteiger partial charge < -0.3 is 46.0 Å². The van der Waals surface area contributed by atoms with Crippen LogP contribution in [-0.4, -0.2) is 82.0 Å². The van der Waals surface area contributed by atoms with Crippen LogP contribution in [0.1, 0.15) is 24.1 Å². The topological polar surface area (TPSA) is 206 Å². The van der Waals surface area contributed by atoms with Crippen LogP contribution in [0.15, 0.2) is 58.4 Å². The zero-order chi connectivity index (χ0) is 32.7. The van der Waals surface area contributed by atoms with E-state index in [0.717, 1.165) is 5.69 Å². The van der Waals surface area contributed by atoms with Crippen LogP contribution in [0.5, 0.6) is 5.75 Å². The van der Waals surface area contributed by atoms with Crippen molar-refractivity contribution in [2.75, 3.05) is 32.5 Å². The van der Waals surface area contributed by atoms with E-state index in [9.17, 15) is 19.9 Å². The van der Waals surface area contributed by atoms with Crippen LogP contribution in [0.25, 0.3) is 0 Å². The number of nitrogens with two attached hydrogens (primary N) is 1. The number of nitrogens with zero attached hydrogens (tertiary/aromatic N) is 3. The van der Waals surface area contributed by atoms with Crippen molar-refractivity contribution < 1.29 is 34.2 Å². The Morgan fingerprint density at radius 3 is 2.60 bits per heavy atom. The van der Waals surface area contributed by atoms with Gasteiger partial charge in [-0.25, -0.2) is 4.98 Å². The summed E-state index contributed by atoms with van der Waals surface area (Å²) >= 11 is 13.7. The lowest BCUT2D eigenvalue weighted by molar-refractivity contribution is -0.115. The quantitative estimate of drug-likeness (QED) is 0.0753. The molecule has 1 aromatic carbocycles. The Kier molecular flexibility index (Phi) is 12.1. The number of aromatic nitrogens is 2. The standard InChI is InChI=1S/C27H29Br4N7O7/c1-43-22-17(30)10-27(23(39)20(22)31)11-19(38-45-27)25(41)33-4-2-6-44-21-15(28)7-13(8-16(21)29)9-18(37-42)24(40)34-5-3-14-12-35-26(32)36-14/h7-8,10,12,23,39,42H,2-6,9,11H2,1H3,(H,33,41)(H,34,40)(H3,32,35,36)/b37-18-/t23-,27?/m1/s1. The lowest BCUT2D eigenvalue weighted by atomic mass is 9.87. The number of hydrogen-bond donors (Lipinski definition) is 6. The first kappa shape index (κ1) is 34.9. The lowest BCUT2D eigenvalue weighted by Gasteiger charge is -2.33. The van der Waals surface area contributed by atoms with Crippen molar-refractivity contribution in [1.29, 1.82) is 0 Å². The highest BCUT2D eigenvalue weighted by Crippen LogP contribution is 2.44. The van der Waals surface area contributed by atoms with Gasteiger partial charge in [0, 0.05) is 38.0 Å². The Bertz CT molecular complexity index is 1550. The average molecular weight is 883 g/mol. The van der Waals surface area contributed by atoms with Crippen LogP contribution < -0.4 is 21.1 Å². The van der Waals surface area contributed by atoms with Crippen LogP contribution in [0.3, 0.4) is 0 Å². The summed E-state index contributed by atoms with van der Waals surface area (Å²) in [5, 5.41) is 32.8. The van der Waals surface area contributed by atoms with Crippen molar-refractivity contribution in [3.8, 4) is 5.75 Å². The van der Waals surface area contributed by atoms with Crippen molar-refractivity contribution in [2.45, 2.75) is 37.4 Å². The molecule has 14 nitrogen and oxygen atoms in total. The first-order chi connectivity index (χ1) is 21.5. The zero-order valence-electron chi connectivity index (χ0n) is 23.7. The maximum atomic E-state index is 12.7. The maximum Gasteiger partial charge on any atom is 0.269 e. The smallest absolute Gasteiger partial charge is 0.269 e. The van der Waals surface area contributed by atoms with Gasteiger partial charge in [0.05, 0.1) is 37.8 Å². The summed E-state index contributed by atoms with van der Waals surface area (Å²) in [6.07, 6.45) is 3.21. The molecule has 2 atom stereocenters. The van der Waals surface area contributed by atoms with Gasteiger partial charge in [-0.3, -0.25) is 9.59 Å². The van der Waals surface area contributed by atoms with Gasteiger partial charge in [0.15, 0.2) is 11.5 Å². The molecule has 242 valence electrons. The second kappa shape index (κ2) is 15.6. The maximum absolute atomic E-state index is 12.7. The summed E-state index contributed by atoms with van der Waals surface area (Å²) in [4.78, 5) is 37.5. The number of H-pyrrole nitrogens is 1. The summed E-state index contributed by atoms with van der Waals surface area (Å²) in [5.41, 5.74) is 5.87. The number of nitrogen functional groups attached to an aromatic ring is 1. The number of aromatic amines is 1. The molecule has 0 saturated heterocycles. The molecule has 1 aliphatic heterocycles. The molecular weight excluding hydrogens is 854 g/mol. The molecule has 1 aromatic heterocycles. The molecule has 18 heteroatoms. The van der Waals surface area contributed by atoms with Crippen molar-refractivity contribution in [3.05, 3.63) is 59.3 Å². The fraction of sp³-hybridized carbons (Fsp3) is 0.370. The Balaban J connectivity index is 1.21. The molecule has 1 spiro atoms. The molecule has 0 bridgehead atoms. The van der Waals surface area contributed by atoms with E-state index in [2.05, 4.69) is 94.6 Å². The first-order valence-electron chi connectivity index (χ1n) is 13.4. The molecule has 45 heavy (non-hydrogen) atoms. The number of aliphatic hydroxyl groups is 1. The third kappa shape index (κ3) is 8.46. The van der Waals surface area contributed by atoms with Gasteiger partial charge in [-0.1, -0.05) is 10.3 Å². The molecule has 2 aromatic rings. The molecular formula is C27H29Br4N7O7. The van der Waals surface area contributed by atoms with E-state index < -0.39 is 23.5 Å².